The number of Topliss-reactive ketones (excluding diaryl/α,β-unsaturated/α-hetero) is 1. The molecular formula is C12H10F3N3O. The lowest BCUT2D eigenvalue weighted by atomic mass is 10.0. The van der Waals surface area contributed by atoms with E-state index in [0.29, 0.717) is 0 Å². The average molecular weight is 269 g/mol. The minimum Gasteiger partial charge on any atom is -0.292 e. The van der Waals surface area contributed by atoms with Crippen LogP contribution in [0.15, 0.2) is 36.7 Å². The Kier molecular flexibility index (Phi) is 3.37. The molecule has 0 N–H and O–H groups in total. The maximum atomic E-state index is 12.4. The number of alkyl halides is 3. The zero-order valence-corrected chi connectivity index (χ0v) is 9.93. The lowest BCUT2D eigenvalue weighted by Crippen LogP contribution is -2.17. The second-order valence-electron chi connectivity index (χ2n) is 4.00. The van der Waals surface area contributed by atoms with Gasteiger partial charge in [-0.25, -0.2) is 4.68 Å². The number of nitrogens with zero attached hydrogens (tertiary/aromatic N) is 3. The topological polar surface area (TPSA) is 47.8 Å². The monoisotopic (exact) mass is 269 g/mol. The van der Waals surface area contributed by atoms with E-state index >= 15 is 0 Å². The minimum atomic E-state index is -4.40. The van der Waals surface area contributed by atoms with Gasteiger partial charge in [0.2, 0.25) is 0 Å². The van der Waals surface area contributed by atoms with Crippen molar-refractivity contribution in [3.05, 3.63) is 47.8 Å². The van der Waals surface area contributed by atoms with Crippen molar-refractivity contribution in [3.63, 3.8) is 0 Å². The predicted molar refractivity (Wildman–Crippen MR) is 60.5 cm³/mol. The zero-order chi connectivity index (χ0) is 14.0. The van der Waals surface area contributed by atoms with Crippen molar-refractivity contribution < 1.29 is 18.0 Å². The molecule has 0 aliphatic rings. The van der Waals surface area contributed by atoms with Crippen LogP contribution < -0.4 is 0 Å². The van der Waals surface area contributed by atoms with E-state index in [1.807, 2.05) is 0 Å². The highest BCUT2D eigenvalue weighted by Gasteiger charge is 2.30. The van der Waals surface area contributed by atoms with Gasteiger partial charge in [0, 0.05) is 11.8 Å². The molecular weight excluding hydrogens is 259 g/mol. The van der Waals surface area contributed by atoms with Gasteiger partial charge >= 0.3 is 6.18 Å². The number of halogens is 3. The number of carbonyl (C=O) groups is 1. The van der Waals surface area contributed by atoms with Crippen LogP contribution in [0.2, 0.25) is 0 Å². The summed E-state index contributed by atoms with van der Waals surface area (Å²) in [5, 5.41) is 7.26. The van der Waals surface area contributed by atoms with Crippen LogP contribution in [-0.2, 0) is 6.18 Å². The third kappa shape index (κ3) is 2.81. The standard InChI is InChI=1S/C12H10F3N3O/c1-8(18-7-6-16-17-18)11(19)9-2-4-10(5-3-9)12(13,14)15/h2-8H,1H3. The van der Waals surface area contributed by atoms with E-state index in [1.54, 1.807) is 6.92 Å². The van der Waals surface area contributed by atoms with Crippen LogP contribution >= 0.6 is 0 Å². The average Bonchev–Trinajstić information content (AvgIpc) is 2.90. The number of hydrogen-bond acceptors (Lipinski definition) is 3. The second kappa shape index (κ2) is 4.83. The van der Waals surface area contributed by atoms with Crippen LogP contribution in [0.3, 0.4) is 0 Å². The SMILES string of the molecule is CC(C(=O)c1ccc(C(F)(F)F)cc1)n1ccnn1. The summed E-state index contributed by atoms with van der Waals surface area (Å²) >= 11 is 0. The molecule has 2 rings (SSSR count). The van der Waals surface area contributed by atoms with Gasteiger partial charge in [-0.3, -0.25) is 4.79 Å². The molecule has 0 saturated carbocycles. The van der Waals surface area contributed by atoms with Gasteiger partial charge in [-0.05, 0) is 19.1 Å². The highest BCUT2D eigenvalue weighted by atomic mass is 19.4. The Morgan fingerprint density at radius 3 is 2.37 bits per heavy atom. The lowest BCUT2D eigenvalue weighted by molar-refractivity contribution is -0.137. The number of benzene rings is 1. The minimum absolute atomic E-state index is 0.205. The molecule has 19 heavy (non-hydrogen) atoms. The smallest absolute Gasteiger partial charge is 0.292 e. The van der Waals surface area contributed by atoms with Crippen LogP contribution in [0.5, 0.6) is 0 Å². The Hall–Kier alpha value is -2.18. The van der Waals surface area contributed by atoms with Gasteiger partial charge in [-0.2, -0.15) is 13.2 Å². The molecule has 1 heterocycles. The summed E-state index contributed by atoms with van der Waals surface area (Å²) in [6.45, 7) is 1.61. The molecule has 100 valence electrons. The molecule has 0 saturated heterocycles. The molecule has 7 heteroatoms. The van der Waals surface area contributed by atoms with Crippen molar-refractivity contribution in [1.29, 1.82) is 0 Å². The van der Waals surface area contributed by atoms with Crippen LogP contribution in [0, 0.1) is 0 Å². The fourth-order valence-corrected chi connectivity index (χ4v) is 1.61. The fraction of sp³-hybridized carbons (Fsp3) is 0.250. The first-order valence-corrected chi connectivity index (χ1v) is 5.47. The summed E-state index contributed by atoms with van der Waals surface area (Å²) < 4.78 is 38.5. The van der Waals surface area contributed by atoms with Crippen LogP contribution in [0.1, 0.15) is 28.9 Å². The Balaban J connectivity index is 2.21. The van der Waals surface area contributed by atoms with Crippen molar-refractivity contribution in [2.45, 2.75) is 19.1 Å². The third-order valence-corrected chi connectivity index (χ3v) is 2.71. The third-order valence-electron chi connectivity index (χ3n) is 2.71. The van der Waals surface area contributed by atoms with Crippen LogP contribution in [0.25, 0.3) is 0 Å². The van der Waals surface area contributed by atoms with Gasteiger partial charge in [0.25, 0.3) is 0 Å². The number of hydrogen-bond donors (Lipinski definition) is 0. The highest BCUT2D eigenvalue weighted by molar-refractivity contribution is 5.98. The fourth-order valence-electron chi connectivity index (χ4n) is 1.61. The Bertz CT molecular complexity index is 561. The lowest BCUT2D eigenvalue weighted by Gasteiger charge is -2.11. The van der Waals surface area contributed by atoms with E-state index in [2.05, 4.69) is 10.3 Å². The molecule has 0 aliphatic heterocycles. The first-order valence-electron chi connectivity index (χ1n) is 5.47. The molecule has 0 aliphatic carbocycles. The van der Waals surface area contributed by atoms with Crippen molar-refractivity contribution in [2.24, 2.45) is 0 Å². The molecule has 1 aromatic heterocycles. The summed E-state index contributed by atoms with van der Waals surface area (Å²) in [4.78, 5) is 12.0. The zero-order valence-electron chi connectivity index (χ0n) is 9.93. The molecule has 0 amide bonds. The number of carbonyl (C=O) groups excluding carboxylic acids is 1. The Morgan fingerprint density at radius 2 is 1.89 bits per heavy atom. The van der Waals surface area contributed by atoms with Crippen molar-refractivity contribution in [1.82, 2.24) is 15.0 Å². The first kappa shape index (κ1) is 13.3. The summed E-state index contributed by atoms with van der Waals surface area (Å²) in [5.74, 6) is -0.320. The molecule has 0 radical (unpaired) electrons. The molecule has 1 atom stereocenters. The number of rotatable bonds is 3. The van der Waals surface area contributed by atoms with Gasteiger partial charge in [0.1, 0.15) is 6.04 Å². The summed E-state index contributed by atoms with van der Waals surface area (Å²) in [5.41, 5.74) is -0.576. The first-order chi connectivity index (χ1) is 8.89. The summed E-state index contributed by atoms with van der Waals surface area (Å²) in [6.07, 6.45) is -1.46. The molecule has 0 spiro atoms. The van der Waals surface area contributed by atoms with Gasteiger partial charge in [0.05, 0.1) is 11.8 Å². The van der Waals surface area contributed by atoms with Crippen LogP contribution in [-0.4, -0.2) is 20.8 Å². The normalized spacial score (nSPS) is 13.3. The summed E-state index contributed by atoms with van der Waals surface area (Å²) in [6, 6.07) is 3.50. The predicted octanol–water partition coefficient (Wildman–Crippen LogP) is 2.74. The number of ketones is 1. The number of aromatic nitrogens is 3. The van der Waals surface area contributed by atoms with Crippen LogP contribution in [0.4, 0.5) is 13.2 Å². The quantitative estimate of drug-likeness (QED) is 0.805. The highest BCUT2D eigenvalue weighted by Crippen LogP contribution is 2.29. The molecule has 1 unspecified atom stereocenters. The van der Waals surface area contributed by atoms with Crippen molar-refractivity contribution in [2.75, 3.05) is 0 Å². The molecule has 1 aromatic carbocycles. The molecule has 0 fully saturated rings. The van der Waals surface area contributed by atoms with E-state index in [0.717, 1.165) is 12.1 Å². The van der Waals surface area contributed by atoms with Crippen molar-refractivity contribution in [3.8, 4) is 0 Å². The molecule has 2 aromatic rings. The Labute approximate surface area is 106 Å². The maximum Gasteiger partial charge on any atom is 0.416 e. The van der Waals surface area contributed by atoms with Crippen molar-refractivity contribution >= 4 is 5.78 Å². The Morgan fingerprint density at radius 1 is 1.26 bits per heavy atom. The molecule has 4 nitrogen and oxygen atoms in total. The summed E-state index contributed by atoms with van der Waals surface area (Å²) in [7, 11) is 0. The second-order valence-corrected chi connectivity index (χ2v) is 4.00. The van der Waals surface area contributed by atoms with Gasteiger partial charge in [-0.1, -0.05) is 17.3 Å². The van der Waals surface area contributed by atoms with Gasteiger partial charge in [0.15, 0.2) is 5.78 Å². The molecule has 0 bridgehead atoms. The van der Waals surface area contributed by atoms with E-state index in [1.165, 1.54) is 29.2 Å². The van der Waals surface area contributed by atoms with Gasteiger partial charge in [-0.15, -0.1) is 5.10 Å². The van der Waals surface area contributed by atoms with E-state index < -0.39 is 17.8 Å². The maximum absolute atomic E-state index is 12.4. The van der Waals surface area contributed by atoms with E-state index in [4.69, 9.17) is 0 Å². The van der Waals surface area contributed by atoms with E-state index in [9.17, 15) is 18.0 Å². The van der Waals surface area contributed by atoms with E-state index in [-0.39, 0.29) is 11.3 Å². The largest absolute Gasteiger partial charge is 0.416 e. The van der Waals surface area contributed by atoms with Gasteiger partial charge < -0.3 is 0 Å².